The fourth-order valence-corrected chi connectivity index (χ4v) is 2.01. The van der Waals surface area contributed by atoms with Crippen LogP contribution in [0.3, 0.4) is 0 Å². The number of halogens is 2. The third kappa shape index (κ3) is 2.46. The maximum Gasteiger partial charge on any atom is 0.169 e. The van der Waals surface area contributed by atoms with E-state index in [4.69, 9.17) is 17.3 Å². The minimum atomic E-state index is -0.355. The van der Waals surface area contributed by atoms with Crippen molar-refractivity contribution in [1.29, 1.82) is 0 Å². The van der Waals surface area contributed by atoms with Crippen molar-refractivity contribution in [2.24, 2.45) is 0 Å². The molecule has 0 aliphatic heterocycles. The molecule has 0 bridgehead atoms. The molecule has 1 heterocycles. The molecule has 0 saturated carbocycles. The Morgan fingerprint density at radius 3 is 2.78 bits per heavy atom. The smallest absolute Gasteiger partial charge is 0.169 e. The topological polar surface area (TPSA) is 56.7 Å². The lowest BCUT2D eigenvalue weighted by atomic mass is 10.1. The van der Waals surface area contributed by atoms with Gasteiger partial charge in [0.25, 0.3) is 0 Å². The molecule has 4 nitrogen and oxygen atoms in total. The van der Waals surface area contributed by atoms with E-state index in [-0.39, 0.29) is 11.7 Å². The molecule has 0 spiro atoms. The first-order valence-corrected chi connectivity index (χ1v) is 5.99. The highest BCUT2D eigenvalue weighted by atomic mass is 35.5. The summed E-state index contributed by atoms with van der Waals surface area (Å²) in [5.41, 5.74) is 7.06. The van der Waals surface area contributed by atoms with Crippen molar-refractivity contribution in [2.75, 3.05) is 5.73 Å². The van der Waals surface area contributed by atoms with Crippen LogP contribution >= 0.6 is 11.6 Å². The van der Waals surface area contributed by atoms with Crippen molar-refractivity contribution in [3.05, 3.63) is 40.3 Å². The summed E-state index contributed by atoms with van der Waals surface area (Å²) in [5, 5.41) is 8.13. The van der Waals surface area contributed by atoms with Gasteiger partial charge in [0, 0.05) is 10.6 Å². The quantitative estimate of drug-likeness (QED) is 0.931. The highest BCUT2D eigenvalue weighted by molar-refractivity contribution is 6.30. The van der Waals surface area contributed by atoms with Crippen molar-refractivity contribution in [3.8, 4) is 0 Å². The van der Waals surface area contributed by atoms with E-state index in [0.29, 0.717) is 22.9 Å². The number of benzene rings is 1. The lowest BCUT2D eigenvalue weighted by Crippen LogP contribution is -2.10. The van der Waals surface area contributed by atoms with Crippen LogP contribution < -0.4 is 5.73 Å². The summed E-state index contributed by atoms with van der Waals surface area (Å²) < 4.78 is 15.3. The summed E-state index contributed by atoms with van der Waals surface area (Å²) in [7, 11) is 0. The Kier molecular flexibility index (Phi) is 3.52. The number of nitrogens with zero attached hydrogens (tertiary/aromatic N) is 3. The second-order valence-electron chi connectivity index (χ2n) is 4.41. The van der Waals surface area contributed by atoms with Crippen LogP contribution in [0.4, 0.5) is 10.2 Å². The van der Waals surface area contributed by atoms with Crippen molar-refractivity contribution in [2.45, 2.75) is 26.3 Å². The molecule has 0 fully saturated rings. The highest BCUT2D eigenvalue weighted by Crippen LogP contribution is 2.21. The summed E-state index contributed by atoms with van der Waals surface area (Å²) in [6.07, 6.45) is 0. The number of hydrogen-bond donors (Lipinski definition) is 1. The number of aromatic nitrogens is 3. The maximum atomic E-state index is 13.7. The zero-order valence-corrected chi connectivity index (χ0v) is 10.9. The van der Waals surface area contributed by atoms with Gasteiger partial charge < -0.3 is 5.73 Å². The van der Waals surface area contributed by atoms with Crippen LogP contribution in [0, 0.1) is 5.82 Å². The van der Waals surface area contributed by atoms with Gasteiger partial charge in [-0.05, 0) is 18.1 Å². The predicted octanol–water partition coefficient (Wildman–Crippen LogP) is 2.82. The highest BCUT2D eigenvalue weighted by Gasteiger charge is 2.15. The zero-order chi connectivity index (χ0) is 13.3. The maximum absolute atomic E-state index is 13.7. The number of nitrogen functional groups attached to an aromatic ring is 1. The molecule has 6 heteroatoms. The van der Waals surface area contributed by atoms with E-state index >= 15 is 0 Å². The monoisotopic (exact) mass is 268 g/mol. The molecule has 2 N–H and O–H groups in total. The van der Waals surface area contributed by atoms with Crippen LogP contribution in [-0.4, -0.2) is 15.0 Å². The Balaban J connectivity index is 2.34. The van der Waals surface area contributed by atoms with Crippen molar-refractivity contribution < 1.29 is 4.39 Å². The average molecular weight is 269 g/mol. The molecule has 0 aliphatic carbocycles. The van der Waals surface area contributed by atoms with Crippen LogP contribution in [-0.2, 0) is 6.54 Å². The van der Waals surface area contributed by atoms with E-state index in [1.165, 1.54) is 6.07 Å². The van der Waals surface area contributed by atoms with Crippen LogP contribution in [0.1, 0.15) is 31.0 Å². The molecule has 0 saturated heterocycles. The Labute approximate surface area is 110 Å². The lowest BCUT2D eigenvalue weighted by Gasteiger charge is -2.10. The second-order valence-corrected chi connectivity index (χ2v) is 4.84. The molecule has 18 heavy (non-hydrogen) atoms. The Bertz CT molecular complexity index is 565. The molecule has 0 aliphatic rings. The van der Waals surface area contributed by atoms with E-state index in [0.717, 1.165) is 5.69 Å². The van der Waals surface area contributed by atoms with Crippen molar-refractivity contribution in [1.82, 2.24) is 15.0 Å². The van der Waals surface area contributed by atoms with Gasteiger partial charge in [0.05, 0.1) is 12.2 Å². The normalized spacial score (nSPS) is 11.2. The lowest BCUT2D eigenvalue weighted by molar-refractivity contribution is 0.557. The Morgan fingerprint density at radius 2 is 2.17 bits per heavy atom. The first kappa shape index (κ1) is 12.8. The van der Waals surface area contributed by atoms with Crippen LogP contribution in [0.25, 0.3) is 0 Å². The summed E-state index contributed by atoms with van der Waals surface area (Å²) >= 11 is 5.71. The van der Waals surface area contributed by atoms with Gasteiger partial charge in [-0.3, -0.25) is 0 Å². The number of rotatable bonds is 3. The first-order valence-electron chi connectivity index (χ1n) is 5.62. The van der Waals surface area contributed by atoms with Gasteiger partial charge >= 0.3 is 0 Å². The number of nitrogens with two attached hydrogens (primary N) is 1. The van der Waals surface area contributed by atoms with Crippen LogP contribution in [0.2, 0.25) is 5.02 Å². The zero-order valence-electron chi connectivity index (χ0n) is 10.2. The largest absolute Gasteiger partial charge is 0.381 e. The molecule has 0 unspecified atom stereocenters. The summed E-state index contributed by atoms with van der Waals surface area (Å²) in [5.74, 6) is 0.209. The van der Waals surface area contributed by atoms with E-state index in [2.05, 4.69) is 10.3 Å². The van der Waals surface area contributed by atoms with E-state index in [9.17, 15) is 4.39 Å². The van der Waals surface area contributed by atoms with E-state index in [1.807, 2.05) is 13.8 Å². The van der Waals surface area contributed by atoms with Gasteiger partial charge in [-0.25, -0.2) is 9.07 Å². The average Bonchev–Trinajstić information content (AvgIpc) is 2.64. The molecule has 2 aromatic rings. The standard InChI is InChI=1S/C12H14ClFN4/c1-7(2)11-12(15)16-17-18(11)6-8-3-4-9(13)5-10(8)14/h3-5,7H,6,15H2,1-2H3. The van der Waals surface area contributed by atoms with Crippen molar-refractivity contribution in [3.63, 3.8) is 0 Å². The summed E-state index contributed by atoms with van der Waals surface area (Å²) in [4.78, 5) is 0. The van der Waals surface area contributed by atoms with Gasteiger partial charge in [0.15, 0.2) is 5.82 Å². The first-order chi connectivity index (χ1) is 8.49. The van der Waals surface area contributed by atoms with Gasteiger partial charge in [-0.2, -0.15) is 0 Å². The summed E-state index contributed by atoms with van der Waals surface area (Å²) in [6.45, 7) is 4.27. The molecular weight excluding hydrogens is 255 g/mol. The SMILES string of the molecule is CC(C)c1c(N)nnn1Cc1ccc(Cl)cc1F. The van der Waals surface area contributed by atoms with E-state index < -0.39 is 0 Å². The van der Waals surface area contributed by atoms with E-state index in [1.54, 1.807) is 16.8 Å². The minimum absolute atomic E-state index is 0.176. The minimum Gasteiger partial charge on any atom is -0.381 e. The molecule has 1 aromatic heterocycles. The fraction of sp³-hybridized carbons (Fsp3) is 0.333. The molecule has 0 atom stereocenters. The van der Waals surface area contributed by atoms with Crippen molar-refractivity contribution >= 4 is 17.4 Å². The molecule has 2 rings (SSSR count). The molecule has 0 amide bonds. The van der Waals surface area contributed by atoms with Crippen LogP contribution in [0.5, 0.6) is 0 Å². The van der Waals surface area contributed by atoms with Gasteiger partial charge in [0.2, 0.25) is 0 Å². The third-order valence-corrected chi connectivity index (χ3v) is 2.92. The van der Waals surface area contributed by atoms with Gasteiger partial charge in [-0.1, -0.05) is 36.7 Å². The van der Waals surface area contributed by atoms with Crippen LogP contribution in [0.15, 0.2) is 18.2 Å². The number of hydrogen-bond acceptors (Lipinski definition) is 3. The molecular formula is C12H14ClFN4. The molecule has 96 valence electrons. The van der Waals surface area contributed by atoms with Gasteiger partial charge in [0.1, 0.15) is 5.82 Å². The fourth-order valence-electron chi connectivity index (χ4n) is 1.86. The predicted molar refractivity (Wildman–Crippen MR) is 69.0 cm³/mol. The molecule has 0 radical (unpaired) electrons. The third-order valence-electron chi connectivity index (χ3n) is 2.68. The summed E-state index contributed by atoms with van der Waals surface area (Å²) in [6, 6.07) is 4.57. The second kappa shape index (κ2) is 4.94. The Hall–Kier alpha value is -1.62. The van der Waals surface area contributed by atoms with Gasteiger partial charge in [-0.15, -0.1) is 5.10 Å². The Morgan fingerprint density at radius 1 is 1.44 bits per heavy atom. The molecule has 1 aromatic carbocycles. The number of anilines is 1.